The Morgan fingerprint density at radius 3 is 2.75 bits per heavy atom. The first-order chi connectivity index (χ1) is 11.6. The summed E-state index contributed by atoms with van der Waals surface area (Å²) in [6.07, 6.45) is 6.31. The highest BCUT2D eigenvalue weighted by atomic mass is 16.5. The van der Waals surface area contributed by atoms with Crippen molar-refractivity contribution in [1.82, 2.24) is 19.7 Å². The number of anilines is 1. The van der Waals surface area contributed by atoms with Crippen LogP contribution in [0.25, 0.3) is 11.0 Å². The van der Waals surface area contributed by atoms with E-state index in [0.29, 0.717) is 12.3 Å². The minimum atomic E-state index is -0.838. The molecule has 2 aromatic rings. The van der Waals surface area contributed by atoms with Crippen LogP contribution in [0, 0.1) is 5.92 Å². The molecule has 0 bridgehead atoms. The molecule has 2 fully saturated rings. The number of carboxylic acids is 1. The molecule has 0 unspecified atom stereocenters. The molecule has 8 nitrogen and oxygen atoms in total. The molecule has 8 heteroatoms. The van der Waals surface area contributed by atoms with Gasteiger partial charge in [-0.3, -0.25) is 4.68 Å². The normalized spacial score (nSPS) is 25.5. The van der Waals surface area contributed by atoms with E-state index in [1.807, 2.05) is 13.2 Å². The number of nitrogens with zero attached hydrogens (tertiary/aromatic N) is 5. The molecule has 4 heterocycles. The summed E-state index contributed by atoms with van der Waals surface area (Å²) in [6.45, 7) is 1.78. The second-order valence-electron chi connectivity index (χ2n) is 6.61. The molecular formula is C16H21N5O3. The molecule has 0 aromatic carbocycles. The summed E-state index contributed by atoms with van der Waals surface area (Å²) in [4.78, 5) is 22.0. The highest BCUT2D eigenvalue weighted by Gasteiger charge is 2.36. The molecule has 24 heavy (non-hydrogen) atoms. The molecule has 1 N–H and O–H groups in total. The predicted molar refractivity (Wildman–Crippen MR) is 86.8 cm³/mol. The largest absolute Gasteiger partial charge is 0.479 e. The smallest absolute Gasteiger partial charge is 0.332 e. The van der Waals surface area contributed by atoms with E-state index < -0.39 is 12.1 Å². The van der Waals surface area contributed by atoms with Crippen LogP contribution in [0.2, 0.25) is 0 Å². The van der Waals surface area contributed by atoms with E-state index in [0.717, 1.165) is 49.2 Å². The van der Waals surface area contributed by atoms with Crippen molar-refractivity contribution in [2.24, 2.45) is 13.0 Å². The van der Waals surface area contributed by atoms with Crippen LogP contribution in [-0.2, 0) is 16.6 Å². The second-order valence-corrected chi connectivity index (χ2v) is 6.61. The maximum Gasteiger partial charge on any atom is 0.332 e. The lowest BCUT2D eigenvalue weighted by atomic mass is 9.89. The fraction of sp³-hybridized carbons (Fsp3) is 0.625. The number of carbonyl (C=O) groups is 1. The maximum atomic E-state index is 11.0. The van der Waals surface area contributed by atoms with Gasteiger partial charge in [-0.25, -0.2) is 14.8 Å². The zero-order valence-corrected chi connectivity index (χ0v) is 13.6. The number of hydrogen-bond donors (Lipinski definition) is 1. The summed E-state index contributed by atoms with van der Waals surface area (Å²) in [5, 5.41) is 14.3. The van der Waals surface area contributed by atoms with Gasteiger partial charge in [0.1, 0.15) is 12.1 Å². The molecule has 2 aliphatic rings. The first-order valence-corrected chi connectivity index (χ1v) is 8.39. The van der Waals surface area contributed by atoms with Crippen LogP contribution in [0.3, 0.4) is 0 Å². The molecule has 2 atom stereocenters. The number of piperidine rings is 1. The number of aromatic nitrogens is 4. The van der Waals surface area contributed by atoms with Crippen molar-refractivity contribution in [2.45, 2.75) is 37.9 Å². The summed E-state index contributed by atoms with van der Waals surface area (Å²) in [7, 11) is 1.88. The Hall–Kier alpha value is -2.22. The zero-order chi connectivity index (χ0) is 16.7. The lowest BCUT2D eigenvalue weighted by Gasteiger charge is -2.35. The summed E-state index contributed by atoms with van der Waals surface area (Å²) in [6, 6.07) is 0. The van der Waals surface area contributed by atoms with Gasteiger partial charge in [0.05, 0.1) is 17.7 Å². The van der Waals surface area contributed by atoms with Crippen LogP contribution in [0.15, 0.2) is 12.5 Å². The van der Waals surface area contributed by atoms with Crippen molar-refractivity contribution in [3.8, 4) is 0 Å². The second kappa shape index (κ2) is 6.01. The molecule has 0 amide bonds. The lowest BCUT2D eigenvalue weighted by molar-refractivity contribution is -0.150. The number of aliphatic carboxylic acids is 1. The van der Waals surface area contributed by atoms with Gasteiger partial charge in [-0.2, -0.15) is 5.10 Å². The summed E-state index contributed by atoms with van der Waals surface area (Å²) in [5.74, 6) is 0.522. The van der Waals surface area contributed by atoms with E-state index in [1.54, 1.807) is 11.0 Å². The molecule has 0 radical (unpaired) electrons. The third kappa shape index (κ3) is 2.60. The minimum Gasteiger partial charge on any atom is -0.479 e. The summed E-state index contributed by atoms with van der Waals surface area (Å²) in [5.41, 5.74) is 0.838. The van der Waals surface area contributed by atoms with Crippen molar-refractivity contribution in [3.05, 3.63) is 12.5 Å². The average molecular weight is 331 g/mol. The molecule has 0 aliphatic carbocycles. The standard InChI is InChI=1S/C16H21N5O3/c1-20-14-11(8-19-20)15(18-9-17-14)21-6-4-10(5-7-21)12-2-3-13(24-12)16(22)23/h8-10,12-13H,2-7H2,1H3,(H,22,23)/t12-,13+/m0/s1. The fourth-order valence-corrected chi connectivity index (χ4v) is 3.88. The topological polar surface area (TPSA) is 93.4 Å². The highest BCUT2D eigenvalue weighted by Crippen LogP contribution is 2.34. The molecular weight excluding hydrogens is 310 g/mol. The first-order valence-electron chi connectivity index (χ1n) is 8.39. The van der Waals surface area contributed by atoms with Gasteiger partial charge in [-0.05, 0) is 31.6 Å². The fourth-order valence-electron chi connectivity index (χ4n) is 3.88. The van der Waals surface area contributed by atoms with Gasteiger partial charge in [0, 0.05) is 20.1 Å². The Bertz CT molecular complexity index is 753. The molecule has 2 aromatic heterocycles. The van der Waals surface area contributed by atoms with Gasteiger partial charge in [0.2, 0.25) is 0 Å². The van der Waals surface area contributed by atoms with Gasteiger partial charge in [0.25, 0.3) is 0 Å². The Morgan fingerprint density at radius 2 is 2.04 bits per heavy atom. The minimum absolute atomic E-state index is 0.0806. The van der Waals surface area contributed by atoms with Crippen LogP contribution < -0.4 is 4.90 Å². The van der Waals surface area contributed by atoms with Crippen molar-refractivity contribution in [1.29, 1.82) is 0 Å². The van der Waals surface area contributed by atoms with E-state index in [1.165, 1.54) is 0 Å². The molecule has 128 valence electrons. The van der Waals surface area contributed by atoms with Crippen LogP contribution in [0.4, 0.5) is 5.82 Å². The Morgan fingerprint density at radius 1 is 1.25 bits per heavy atom. The van der Waals surface area contributed by atoms with Crippen LogP contribution in [0.1, 0.15) is 25.7 Å². The summed E-state index contributed by atoms with van der Waals surface area (Å²) >= 11 is 0. The third-order valence-electron chi connectivity index (χ3n) is 5.20. The number of aryl methyl sites for hydroxylation is 1. The third-order valence-corrected chi connectivity index (χ3v) is 5.20. The number of rotatable bonds is 3. The van der Waals surface area contributed by atoms with Gasteiger partial charge in [-0.15, -0.1) is 0 Å². The zero-order valence-electron chi connectivity index (χ0n) is 13.6. The van der Waals surface area contributed by atoms with Crippen molar-refractivity contribution in [3.63, 3.8) is 0 Å². The SMILES string of the molecule is Cn1ncc2c(N3CCC([C@@H]4CC[C@H](C(=O)O)O4)CC3)ncnc21. The Balaban J connectivity index is 1.44. The quantitative estimate of drug-likeness (QED) is 0.903. The van der Waals surface area contributed by atoms with E-state index >= 15 is 0 Å². The average Bonchev–Trinajstić information content (AvgIpc) is 3.23. The van der Waals surface area contributed by atoms with E-state index in [4.69, 9.17) is 9.84 Å². The van der Waals surface area contributed by atoms with Crippen molar-refractivity contribution < 1.29 is 14.6 Å². The van der Waals surface area contributed by atoms with Gasteiger partial charge in [-0.1, -0.05) is 0 Å². The van der Waals surface area contributed by atoms with Crippen LogP contribution in [-0.4, -0.2) is 56.1 Å². The number of hydrogen-bond acceptors (Lipinski definition) is 6. The molecule has 4 rings (SSSR count). The Kier molecular flexibility index (Phi) is 3.84. The predicted octanol–water partition coefficient (Wildman–Crippen LogP) is 1.21. The highest BCUT2D eigenvalue weighted by molar-refractivity contribution is 5.86. The maximum absolute atomic E-state index is 11.0. The monoisotopic (exact) mass is 331 g/mol. The van der Waals surface area contributed by atoms with Gasteiger partial charge in [0.15, 0.2) is 11.8 Å². The lowest BCUT2D eigenvalue weighted by Crippen LogP contribution is -2.38. The van der Waals surface area contributed by atoms with Gasteiger partial charge >= 0.3 is 5.97 Å². The van der Waals surface area contributed by atoms with Gasteiger partial charge < -0.3 is 14.7 Å². The van der Waals surface area contributed by atoms with Crippen LogP contribution >= 0.6 is 0 Å². The van der Waals surface area contributed by atoms with E-state index in [2.05, 4.69) is 20.0 Å². The molecule has 2 saturated heterocycles. The number of fused-ring (bicyclic) bond motifs is 1. The molecule has 2 aliphatic heterocycles. The number of carboxylic acid groups (broad SMARTS) is 1. The number of ether oxygens (including phenoxy) is 1. The van der Waals surface area contributed by atoms with Crippen LogP contribution in [0.5, 0.6) is 0 Å². The first kappa shape index (κ1) is 15.3. The Labute approximate surface area is 139 Å². The van der Waals surface area contributed by atoms with E-state index in [9.17, 15) is 4.79 Å². The summed E-state index contributed by atoms with van der Waals surface area (Å²) < 4.78 is 7.48. The van der Waals surface area contributed by atoms with E-state index in [-0.39, 0.29) is 6.10 Å². The van der Waals surface area contributed by atoms with Crippen molar-refractivity contribution in [2.75, 3.05) is 18.0 Å². The molecule has 0 saturated carbocycles. The molecule has 0 spiro atoms. The van der Waals surface area contributed by atoms with Crippen molar-refractivity contribution >= 4 is 22.8 Å².